The molecule has 0 spiro atoms. The van der Waals surface area contributed by atoms with Crippen LogP contribution in [0, 0.1) is 11.8 Å². The van der Waals surface area contributed by atoms with Gasteiger partial charge >= 0.3 is 6.09 Å². The summed E-state index contributed by atoms with van der Waals surface area (Å²) in [7, 11) is 0. The minimum atomic E-state index is -0.407. The third-order valence-corrected chi connectivity index (χ3v) is 3.56. The third-order valence-electron chi connectivity index (χ3n) is 3.56. The maximum Gasteiger partial charge on any atom is 0.410 e. The van der Waals surface area contributed by atoms with Gasteiger partial charge in [0.1, 0.15) is 5.60 Å². The SMILES string of the molecule is CC(C)(C)OC(=O)N1CC2CC[C@@H](C1)C2N. The first-order valence-corrected chi connectivity index (χ1v) is 6.10. The van der Waals surface area contributed by atoms with E-state index in [9.17, 15) is 4.79 Å². The third kappa shape index (κ3) is 2.32. The van der Waals surface area contributed by atoms with E-state index in [-0.39, 0.29) is 6.09 Å². The Morgan fingerprint density at radius 2 is 1.75 bits per heavy atom. The van der Waals surface area contributed by atoms with Crippen molar-refractivity contribution >= 4 is 6.09 Å². The molecule has 2 N–H and O–H groups in total. The van der Waals surface area contributed by atoms with Crippen LogP contribution in [0.15, 0.2) is 0 Å². The molecule has 1 aliphatic carbocycles. The zero-order valence-corrected chi connectivity index (χ0v) is 10.4. The van der Waals surface area contributed by atoms with Crippen LogP contribution in [0.5, 0.6) is 0 Å². The summed E-state index contributed by atoms with van der Waals surface area (Å²) in [5.41, 5.74) is 5.69. The number of nitrogens with two attached hydrogens (primary N) is 1. The molecule has 0 radical (unpaired) electrons. The first kappa shape index (κ1) is 11.7. The van der Waals surface area contributed by atoms with E-state index in [0.717, 1.165) is 25.9 Å². The van der Waals surface area contributed by atoms with Gasteiger partial charge in [0.25, 0.3) is 0 Å². The molecular formula is C12H22N2O2. The summed E-state index contributed by atoms with van der Waals surface area (Å²) in [5.74, 6) is 0.956. The summed E-state index contributed by atoms with van der Waals surface area (Å²) in [5, 5.41) is 0. The first-order valence-electron chi connectivity index (χ1n) is 6.10. The van der Waals surface area contributed by atoms with Crippen molar-refractivity contribution in [1.82, 2.24) is 4.90 Å². The summed E-state index contributed by atoms with van der Waals surface area (Å²) in [6.07, 6.45) is 2.13. The number of hydrogen-bond donors (Lipinski definition) is 1. The smallest absolute Gasteiger partial charge is 0.410 e. The highest BCUT2D eigenvalue weighted by Crippen LogP contribution is 2.35. The van der Waals surface area contributed by atoms with E-state index in [1.165, 1.54) is 0 Å². The summed E-state index contributed by atoms with van der Waals surface area (Å²) in [4.78, 5) is 13.7. The predicted octanol–water partition coefficient (Wildman–Crippen LogP) is 1.59. The summed E-state index contributed by atoms with van der Waals surface area (Å²) in [6.45, 7) is 7.23. The van der Waals surface area contributed by atoms with Gasteiger partial charge in [-0.15, -0.1) is 0 Å². The molecule has 2 bridgehead atoms. The maximum atomic E-state index is 11.9. The number of hydrogen-bond acceptors (Lipinski definition) is 3. The molecule has 2 unspecified atom stereocenters. The molecule has 1 saturated heterocycles. The van der Waals surface area contributed by atoms with Crippen LogP contribution in [0.1, 0.15) is 33.6 Å². The zero-order chi connectivity index (χ0) is 11.9. The number of likely N-dealkylation sites (tertiary alicyclic amines) is 1. The lowest BCUT2D eigenvalue weighted by molar-refractivity contribution is 0.0134. The van der Waals surface area contributed by atoms with Gasteiger partial charge in [-0.1, -0.05) is 0 Å². The topological polar surface area (TPSA) is 55.6 Å². The largest absolute Gasteiger partial charge is 0.444 e. The van der Waals surface area contributed by atoms with Crippen molar-refractivity contribution in [2.45, 2.75) is 45.3 Å². The summed E-state index contributed by atoms with van der Waals surface area (Å²) < 4.78 is 5.38. The number of rotatable bonds is 0. The average molecular weight is 226 g/mol. The van der Waals surface area contributed by atoms with E-state index in [4.69, 9.17) is 10.5 Å². The molecular weight excluding hydrogens is 204 g/mol. The summed E-state index contributed by atoms with van der Waals surface area (Å²) in [6, 6.07) is 0.290. The van der Waals surface area contributed by atoms with Gasteiger partial charge < -0.3 is 15.4 Å². The highest BCUT2D eigenvalue weighted by molar-refractivity contribution is 5.68. The second-order valence-corrected chi connectivity index (χ2v) is 6.06. The van der Waals surface area contributed by atoms with E-state index in [1.54, 1.807) is 0 Å². The second-order valence-electron chi connectivity index (χ2n) is 6.06. The molecule has 0 aromatic carbocycles. The van der Waals surface area contributed by atoms with Crippen molar-refractivity contribution < 1.29 is 9.53 Å². The van der Waals surface area contributed by atoms with Crippen molar-refractivity contribution in [2.24, 2.45) is 17.6 Å². The Labute approximate surface area is 97.1 Å². The number of amides is 1. The molecule has 16 heavy (non-hydrogen) atoms. The summed E-state index contributed by atoms with van der Waals surface area (Å²) >= 11 is 0. The maximum absolute atomic E-state index is 11.9. The van der Waals surface area contributed by atoms with E-state index in [2.05, 4.69) is 0 Å². The van der Waals surface area contributed by atoms with Gasteiger partial charge in [-0.25, -0.2) is 4.79 Å². The minimum absolute atomic E-state index is 0.184. The van der Waals surface area contributed by atoms with Crippen LogP contribution in [0.2, 0.25) is 0 Å². The molecule has 2 fully saturated rings. The minimum Gasteiger partial charge on any atom is -0.444 e. The highest BCUT2D eigenvalue weighted by atomic mass is 16.6. The van der Waals surface area contributed by atoms with Crippen LogP contribution < -0.4 is 5.73 Å². The normalized spacial score (nSPS) is 34.0. The van der Waals surface area contributed by atoms with Crippen molar-refractivity contribution in [3.05, 3.63) is 0 Å². The Kier molecular flexibility index (Phi) is 2.86. The van der Waals surface area contributed by atoms with Gasteiger partial charge in [0.05, 0.1) is 0 Å². The molecule has 2 aliphatic rings. The standard InChI is InChI=1S/C12H22N2O2/c1-12(2,3)16-11(15)14-6-8-4-5-9(7-14)10(8)13/h8-10H,4-7,13H2,1-3H3/t8-,9?,10?/m0/s1. The molecule has 3 atom stereocenters. The van der Waals surface area contributed by atoms with Crippen molar-refractivity contribution in [1.29, 1.82) is 0 Å². The lowest BCUT2D eigenvalue weighted by Gasteiger charge is -2.36. The Balaban J connectivity index is 1.95. The molecule has 2 rings (SSSR count). The van der Waals surface area contributed by atoms with Gasteiger partial charge in [0, 0.05) is 19.1 Å². The first-order chi connectivity index (χ1) is 7.37. The fourth-order valence-corrected chi connectivity index (χ4v) is 2.74. The number of piperidine rings is 1. The molecule has 4 heteroatoms. The van der Waals surface area contributed by atoms with Crippen LogP contribution >= 0.6 is 0 Å². The highest BCUT2D eigenvalue weighted by Gasteiger charge is 2.42. The molecule has 1 amide bonds. The van der Waals surface area contributed by atoms with Crippen LogP contribution in [-0.4, -0.2) is 35.7 Å². The molecule has 0 aromatic heterocycles. The molecule has 1 heterocycles. The van der Waals surface area contributed by atoms with E-state index < -0.39 is 5.60 Å². The van der Waals surface area contributed by atoms with Crippen LogP contribution in [0.3, 0.4) is 0 Å². The number of nitrogens with zero attached hydrogens (tertiary/aromatic N) is 1. The Hall–Kier alpha value is -0.770. The van der Waals surface area contributed by atoms with Crippen LogP contribution in [0.25, 0.3) is 0 Å². The van der Waals surface area contributed by atoms with Gasteiger partial charge in [-0.2, -0.15) is 0 Å². The fourth-order valence-electron chi connectivity index (χ4n) is 2.74. The number of ether oxygens (including phenoxy) is 1. The van der Waals surface area contributed by atoms with Crippen molar-refractivity contribution in [2.75, 3.05) is 13.1 Å². The Bertz CT molecular complexity index is 271. The molecule has 0 aromatic rings. The Morgan fingerprint density at radius 3 is 2.19 bits per heavy atom. The van der Waals surface area contributed by atoms with Crippen molar-refractivity contribution in [3.8, 4) is 0 Å². The molecule has 4 nitrogen and oxygen atoms in total. The number of carbonyl (C=O) groups excluding carboxylic acids is 1. The van der Waals surface area contributed by atoms with Gasteiger partial charge in [-0.05, 0) is 45.4 Å². The van der Waals surface area contributed by atoms with E-state index in [1.807, 2.05) is 25.7 Å². The molecule has 1 aliphatic heterocycles. The molecule has 92 valence electrons. The van der Waals surface area contributed by atoms with Gasteiger partial charge in [0.15, 0.2) is 0 Å². The predicted molar refractivity (Wildman–Crippen MR) is 62.0 cm³/mol. The van der Waals surface area contributed by atoms with Crippen LogP contribution in [-0.2, 0) is 4.74 Å². The van der Waals surface area contributed by atoms with Crippen LogP contribution in [0.4, 0.5) is 4.79 Å². The van der Waals surface area contributed by atoms with E-state index in [0.29, 0.717) is 17.9 Å². The molecule has 1 saturated carbocycles. The van der Waals surface area contributed by atoms with Gasteiger partial charge in [-0.3, -0.25) is 0 Å². The monoisotopic (exact) mass is 226 g/mol. The fraction of sp³-hybridized carbons (Fsp3) is 0.917. The number of carbonyl (C=O) groups is 1. The lowest BCUT2D eigenvalue weighted by atomic mass is 9.93. The van der Waals surface area contributed by atoms with Gasteiger partial charge in [0.2, 0.25) is 0 Å². The Morgan fingerprint density at radius 1 is 1.25 bits per heavy atom. The van der Waals surface area contributed by atoms with E-state index >= 15 is 0 Å². The number of fused-ring (bicyclic) bond motifs is 2. The quantitative estimate of drug-likeness (QED) is 0.682. The lowest BCUT2D eigenvalue weighted by Crippen LogP contribution is -2.51. The van der Waals surface area contributed by atoms with Crippen molar-refractivity contribution in [3.63, 3.8) is 0 Å². The average Bonchev–Trinajstić information content (AvgIpc) is 2.38. The zero-order valence-electron chi connectivity index (χ0n) is 10.4. The second kappa shape index (κ2) is 3.91.